The molecule has 9 heteroatoms. The summed E-state index contributed by atoms with van der Waals surface area (Å²) in [5.41, 5.74) is 5.06. The van der Waals surface area contributed by atoms with Gasteiger partial charge in [0.2, 0.25) is 0 Å². The summed E-state index contributed by atoms with van der Waals surface area (Å²) in [5, 5.41) is 4.47. The summed E-state index contributed by atoms with van der Waals surface area (Å²) < 4.78 is 27.5. The molecule has 0 spiro atoms. The van der Waals surface area contributed by atoms with E-state index in [-0.39, 0.29) is 10.6 Å². The average molecular weight is 365 g/mol. The lowest BCUT2D eigenvalue weighted by atomic mass is 10.1. The highest BCUT2D eigenvalue weighted by Gasteiger charge is 2.29. The van der Waals surface area contributed by atoms with E-state index in [9.17, 15) is 23.2 Å². The van der Waals surface area contributed by atoms with E-state index in [0.717, 1.165) is 47.3 Å². The van der Waals surface area contributed by atoms with Crippen LogP contribution in [0.1, 0.15) is 37.6 Å². The van der Waals surface area contributed by atoms with Crippen molar-refractivity contribution in [2.45, 2.75) is 19.3 Å². The third-order valence-electron chi connectivity index (χ3n) is 3.80. The van der Waals surface area contributed by atoms with Gasteiger partial charge in [-0.05, 0) is 37.0 Å². The summed E-state index contributed by atoms with van der Waals surface area (Å²) >= 11 is 1.15. The smallest absolute Gasteiger partial charge is 0.319 e. The maximum absolute atomic E-state index is 13.8. The first-order valence-corrected chi connectivity index (χ1v) is 8.20. The molecule has 0 fully saturated rings. The van der Waals surface area contributed by atoms with Crippen LogP contribution in [0.3, 0.4) is 0 Å². The first kappa shape index (κ1) is 17.0. The maximum Gasteiger partial charge on any atom is 0.319 e. The fourth-order valence-electron chi connectivity index (χ4n) is 2.79. The Balaban J connectivity index is 1.97. The lowest BCUT2D eigenvalue weighted by molar-refractivity contribution is 0.0966. The molecule has 130 valence electrons. The molecule has 0 atom stereocenters. The number of primary amides is 1. The number of carbonyl (C=O) groups is 3. The molecule has 1 aromatic heterocycles. The number of benzene rings is 1. The highest BCUT2D eigenvalue weighted by molar-refractivity contribution is 7.17. The standard InChI is InChI=1S/C16H13F2N3O3S/c17-8-4-2-5-9(18)12(8)14(23)20-15-11(13(22)21-16(19)24)7-3-1-6-10(7)25-15/h2,4-5H,1,3,6H2,(H,20,23)(H3,19,21,22,24). The van der Waals surface area contributed by atoms with Crippen molar-refractivity contribution in [2.24, 2.45) is 5.73 Å². The minimum Gasteiger partial charge on any atom is -0.351 e. The van der Waals surface area contributed by atoms with E-state index in [2.05, 4.69) is 5.32 Å². The average Bonchev–Trinajstić information content (AvgIpc) is 3.06. The summed E-state index contributed by atoms with van der Waals surface area (Å²) in [6.07, 6.45) is 2.17. The number of anilines is 1. The second-order valence-electron chi connectivity index (χ2n) is 5.43. The molecule has 1 aliphatic carbocycles. The number of nitrogens with one attached hydrogen (secondary N) is 2. The summed E-state index contributed by atoms with van der Waals surface area (Å²) in [7, 11) is 0. The topological polar surface area (TPSA) is 101 Å². The molecular formula is C16H13F2N3O3S. The van der Waals surface area contributed by atoms with Gasteiger partial charge in [0.05, 0.1) is 5.56 Å². The minimum absolute atomic E-state index is 0.112. The Hall–Kier alpha value is -2.81. The Morgan fingerprint density at radius 1 is 1.04 bits per heavy atom. The van der Waals surface area contributed by atoms with Crippen LogP contribution in [0.15, 0.2) is 18.2 Å². The number of imide groups is 1. The molecule has 6 nitrogen and oxygen atoms in total. The van der Waals surface area contributed by atoms with E-state index in [0.29, 0.717) is 12.0 Å². The van der Waals surface area contributed by atoms with Crippen molar-refractivity contribution in [1.29, 1.82) is 0 Å². The Morgan fingerprint density at radius 2 is 1.72 bits per heavy atom. The minimum atomic E-state index is -1.03. The molecule has 4 amide bonds. The number of thiophene rings is 1. The van der Waals surface area contributed by atoms with Crippen LogP contribution in [-0.4, -0.2) is 17.8 Å². The molecule has 25 heavy (non-hydrogen) atoms. The number of rotatable bonds is 3. The molecule has 0 aliphatic heterocycles. The third-order valence-corrected chi connectivity index (χ3v) is 5.01. The molecule has 0 saturated heterocycles. The van der Waals surface area contributed by atoms with Crippen LogP contribution in [0, 0.1) is 11.6 Å². The Bertz CT molecular complexity index is 875. The predicted molar refractivity (Wildman–Crippen MR) is 87.7 cm³/mol. The molecule has 0 bridgehead atoms. The zero-order valence-corrected chi connectivity index (χ0v) is 13.6. The lowest BCUT2D eigenvalue weighted by Gasteiger charge is -2.09. The highest BCUT2D eigenvalue weighted by atomic mass is 32.1. The van der Waals surface area contributed by atoms with Crippen molar-refractivity contribution in [3.63, 3.8) is 0 Å². The van der Waals surface area contributed by atoms with Crippen LogP contribution in [0.4, 0.5) is 18.6 Å². The molecule has 0 radical (unpaired) electrons. The lowest BCUT2D eigenvalue weighted by Crippen LogP contribution is -2.35. The van der Waals surface area contributed by atoms with E-state index in [1.54, 1.807) is 0 Å². The van der Waals surface area contributed by atoms with Crippen molar-refractivity contribution < 1.29 is 23.2 Å². The van der Waals surface area contributed by atoms with Gasteiger partial charge in [0.25, 0.3) is 11.8 Å². The quantitative estimate of drug-likeness (QED) is 0.779. The highest BCUT2D eigenvalue weighted by Crippen LogP contribution is 2.39. The number of aryl methyl sites for hydroxylation is 1. The van der Waals surface area contributed by atoms with Crippen molar-refractivity contribution in [2.75, 3.05) is 5.32 Å². The summed E-state index contributed by atoms with van der Waals surface area (Å²) in [6, 6.07) is 2.05. The van der Waals surface area contributed by atoms with Gasteiger partial charge in [-0.2, -0.15) is 0 Å². The van der Waals surface area contributed by atoms with Gasteiger partial charge in [-0.15, -0.1) is 11.3 Å². The Kier molecular flexibility index (Phi) is 4.49. The van der Waals surface area contributed by atoms with Crippen LogP contribution in [0.5, 0.6) is 0 Å². The zero-order valence-electron chi connectivity index (χ0n) is 12.8. The number of halogens is 2. The fourth-order valence-corrected chi connectivity index (χ4v) is 4.07. The fraction of sp³-hybridized carbons (Fsp3) is 0.188. The van der Waals surface area contributed by atoms with E-state index in [1.807, 2.05) is 5.32 Å². The third kappa shape index (κ3) is 3.22. The molecule has 1 aromatic carbocycles. The second kappa shape index (κ2) is 6.60. The summed E-state index contributed by atoms with van der Waals surface area (Å²) in [6.45, 7) is 0. The van der Waals surface area contributed by atoms with Crippen molar-refractivity contribution in [3.8, 4) is 0 Å². The number of hydrogen-bond acceptors (Lipinski definition) is 4. The SMILES string of the molecule is NC(=O)NC(=O)c1c(NC(=O)c2c(F)cccc2F)sc2c1CCC2. The van der Waals surface area contributed by atoms with Gasteiger partial charge >= 0.3 is 6.03 Å². The number of nitrogens with two attached hydrogens (primary N) is 1. The summed E-state index contributed by atoms with van der Waals surface area (Å²) in [4.78, 5) is 36.4. The van der Waals surface area contributed by atoms with Crippen LogP contribution < -0.4 is 16.4 Å². The molecule has 2 aromatic rings. The van der Waals surface area contributed by atoms with E-state index in [4.69, 9.17) is 5.73 Å². The molecule has 0 saturated carbocycles. The largest absolute Gasteiger partial charge is 0.351 e. The zero-order chi connectivity index (χ0) is 18.1. The first-order valence-electron chi connectivity index (χ1n) is 7.39. The number of amides is 4. The molecule has 0 unspecified atom stereocenters. The number of hydrogen-bond donors (Lipinski definition) is 3. The van der Waals surface area contributed by atoms with E-state index < -0.39 is 35.0 Å². The van der Waals surface area contributed by atoms with Gasteiger partial charge < -0.3 is 11.1 Å². The number of fused-ring (bicyclic) bond motifs is 1. The Labute approximate surface area is 145 Å². The second-order valence-corrected chi connectivity index (χ2v) is 6.54. The van der Waals surface area contributed by atoms with E-state index >= 15 is 0 Å². The van der Waals surface area contributed by atoms with Crippen LogP contribution in [-0.2, 0) is 12.8 Å². The van der Waals surface area contributed by atoms with Crippen LogP contribution in [0.25, 0.3) is 0 Å². The predicted octanol–water partition coefficient (Wildman–Crippen LogP) is 2.58. The summed E-state index contributed by atoms with van der Waals surface area (Å²) in [5.74, 6) is -3.78. The van der Waals surface area contributed by atoms with E-state index in [1.165, 1.54) is 0 Å². The van der Waals surface area contributed by atoms with Crippen molar-refractivity contribution in [3.05, 3.63) is 51.4 Å². The molecule has 3 rings (SSSR count). The van der Waals surface area contributed by atoms with Crippen LogP contribution >= 0.6 is 11.3 Å². The monoisotopic (exact) mass is 365 g/mol. The van der Waals surface area contributed by atoms with Crippen LogP contribution in [0.2, 0.25) is 0 Å². The van der Waals surface area contributed by atoms with Gasteiger partial charge in [-0.25, -0.2) is 13.6 Å². The molecular weight excluding hydrogens is 352 g/mol. The molecule has 4 N–H and O–H groups in total. The van der Waals surface area contributed by atoms with Gasteiger partial charge in [-0.3, -0.25) is 14.9 Å². The van der Waals surface area contributed by atoms with Crippen molar-refractivity contribution >= 4 is 34.2 Å². The van der Waals surface area contributed by atoms with Gasteiger partial charge in [-0.1, -0.05) is 6.07 Å². The van der Waals surface area contributed by atoms with Crippen molar-refractivity contribution in [1.82, 2.24) is 5.32 Å². The molecule has 1 aliphatic rings. The first-order chi connectivity index (χ1) is 11.9. The Morgan fingerprint density at radius 3 is 2.36 bits per heavy atom. The van der Waals surface area contributed by atoms with Gasteiger partial charge in [0.15, 0.2) is 0 Å². The van der Waals surface area contributed by atoms with Gasteiger partial charge in [0, 0.05) is 4.88 Å². The maximum atomic E-state index is 13.8. The normalized spacial score (nSPS) is 12.6. The number of urea groups is 1. The number of carbonyl (C=O) groups excluding carboxylic acids is 3. The molecule has 1 heterocycles. The van der Waals surface area contributed by atoms with Gasteiger partial charge in [0.1, 0.15) is 22.2 Å².